The standard InChI is InChI=1S/C19H21Br2N/c1-18(2)16-14(20)10-11-15(21)17(16)19(3,4)22(18)12-13-8-6-5-7-9-13/h5-11H,12H2,1-4H3. The first-order chi connectivity index (χ1) is 10.3. The maximum absolute atomic E-state index is 3.77. The van der Waals surface area contributed by atoms with E-state index in [1.54, 1.807) is 0 Å². The Hall–Kier alpha value is -0.640. The summed E-state index contributed by atoms with van der Waals surface area (Å²) < 4.78 is 2.39. The van der Waals surface area contributed by atoms with Crippen molar-refractivity contribution in [1.82, 2.24) is 4.90 Å². The lowest BCUT2D eigenvalue weighted by Crippen LogP contribution is -2.44. The zero-order valence-corrected chi connectivity index (χ0v) is 16.6. The predicted octanol–water partition coefficient (Wildman–Crippen LogP) is 6.20. The maximum atomic E-state index is 3.77. The Morgan fingerprint density at radius 3 is 1.68 bits per heavy atom. The summed E-state index contributed by atoms with van der Waals surface area (Å²) in [6, 6.07) is 15.0. The summed E-state index contributed by atoms with van der Waals surface area (Å²) >= 11 is 7.55. The van der Waals surface area contributed by atoms with Gasteiger partial charge in [-0.05, 0) is 56.5 Å². The largest absolute Gasteiger partial charge is 0.281 e. The van der Waals surface area contributed by atoms with Crippen LogP contribution in [-0.2, 0) is 17.6 Å². The zero-order chi connectivity index (χ0) is 16.1. The van der Waals surface area contributed by atoms with Crippen LogP contribution < -0.4 is 0 Å². The van der Waals surface area contributed by atoms with Crippen molar-refractivity contribution >= 4 is 31.9 Å². The van der Waals surface area contributed by atoms with Gasteiger partial charge in [-0.15, -0.1) is 0 Å². The molecule has 22 heavy (non-hydrogen) atoms. The van der Waals surface area contributed by atoms with Gasteiger partial charge in [0.15, 0.2) is 0 Å². The number of nitrogens with zero attached hydrogens (tertiary/aromatic N) is 1. The molecule has 0 aliphatic carbocycles. The third kappa shape index (κ3) is 2.38. The second kappa shape index (κ2) is 5.47. The van der Waals surface area contributed by atoms with Crippen molar-refractivity contribution in [2.45, 2.75) is 45.3 Å². The fourth-order valence-corrected chi connectivity index (χ4v) is 5.51. The maximum Gasteiger partial charge on any atom is 0.0431 e. The van der Waals surface area contributed by atoms with Gasteiger partial charge in [-0.25, -0.2) is 0 Å². The average molecular weight is 423 g/mol. The smallest absolute Gasteiger partial charge is 0.0431 e. The van der Waals surface area contributed by atoms with E-state index in [1.807, 2.05) is 0 Å². The van der Waals surface area contributed by atoms with Crippen LogP contribution >= 0.6 is 31.9 Å². The topological polar surface area (TPSA) is 3.24 Å². The lowest BCUT2D eigenvalue weighted by molar-refractivity contribution is 0.0307. The van der Waals surface area contributed by atoms with Gasteiger partial charge in [0.25, 0.3) is 0 Å². The second-order valence-electron chi connectivity index (χ2n) is 6.97. The van der Waals surface area contributed by atoms with Gasteiger partial charge in [0, 0.05) is 26.6 Å². The molecule has 1 nitrogen and oxygen atoms in total. The number of fused-ring (bicyclic) bond motifs is 1. The Bertz CT molecular complexity index is 664. The molecular weight excluding hydrogens is 402 g/mol. The van der Waals surface area contributed by atoms with Crippen molar-refractivity contribution in [1.29, 1.82) is 0 Å². The van der Waals surface area contributed by atoms with Gasteiger partial charge in [-0.3, -0.25) is 4.90 Å². The van der Waals surface area contributed by atoms with E-state index in [2.05, 4.69) is 107 Å². The minimum absolute atomic E-state index is 0.0305. The van der Waals surface area contributed by atoms with Crippen LogP contribution in [0.1, 0.15) is 44.4 Å². The molecule has 3 heteroatoms. The Kier molecular flexibility index (Phi) is 4.03. The molecule has 0 bridgehead atoms. The minimum atomic E-state index is -0.0305. The van der Waals surface area contributed by atoms with Crippen molar-refractivity contribution in [2.75, 3.05) is 0 Å². The molecule has 0 saturated heterocycles. The van der Waals surface area contributed by atoms with Crippen LogP contribution in [-0.4, -0.2) is 4.90 Å². The van der Waals surface area contributed by atoms with E-state index in [1.165, 1.54) is 25.6 Å². The molecule has 0 atom stereocenters. The van der Waals surface area contributed by atoms with Crippen LogP contribution in [0.25, 0.3) is 0 Å². The molecule has 2 aromatic rings. The molecule has 116 valence electrons. The van der Waals surface area contributed by atoms with Crippen LogP contribution in [0.2, 0.25) is 0 Å². The molecular formula is C19H21Br2N. The minimum Gasteiger partial charge on any atom is -0.281 e. The highest BCUT2D eigenvalue weighted by Crippen LogP contribution is 2.54. The molecule has 0 saturated carbocycles. The van der Waals surface area contributed by atoms with Gasteiger partial charge in [0.05, 0.1) is 0 Å². The lowest BCUT2D eigenvalue weighted by atomic mass is 9.91. The molecule has 3 rings (SSSR count). The summed E-state index contributed by atoms with van der Waals surface area (Å²) in [4.78, 5) is 2.59. The first-order valence-electron chi connectivity index (χ1n) is 7.57. The van der Waals surface area contributed by atoms with E-state index in [-0.39, 0.29) is 11.1 Å². The Morgan fingerprint density at radius 2 is 1.23 bits per heavy atom. The fourth-order valence-electron chi connectivity index (χ4n) is 3.88. The van der Waals surface area contributed by atoms with E-state index in [0.717, 1.165) is 6.54 Å². The molecule has 0 spiro atoms. The SMILES string of the molecule is CC1(C)c2c(Br)ccc(Br)c2C(C)(C)N1Cc1ccccc1. The molecule has 1 aliphatic rings. The first-order valence-corrected chi connectivity index (χ1v) is 9.15. The highest BCUT2D eigenvalue weighted by atomic mass is 79.9. The molecule has 0 aromatic heterocycles. The number of hydrogen-bond acceptors (Lipinski definition) is 1. The summed E-state index contributed by atoms with van der Waals surface area (Å²) in [5.41, 5.74) is 4.07. The van der Waals surface area contributed by atoms with Crippen molar-refractivity contribution < 1.29 is 0 Å². The lowest BCUT2D eigenvalue weighted by Gasteiger charge is -2.41. The van der Waals surface area contributed by atoms with Gasteiger partial charge in [0.1, 0.15) is 0 Å². The second-order valence-corrected chi connectivity index (χ2v) is 8.68. The van der Waals surface area contributed by atoms with Crippen LogP contribution in [0.4, 0.5) is 0 Å². The van der Waals surface area contributed by atoms with E-state index < -0.39 is 0 Å². The summed E-state index contributed by atoms with van der Waals surface area (Å²) in [6.07, 6.45) is 0. The monoisotopic (exact) mass is 421 g/mol. The molecule has 1 heterocycles. The first kappa shape index (κ1) is 16.2. The van der Waals surface area contributed by atoms with Gasteiger partial charge >= 0.3 is 0 Å². The number of halogens is 2. The molecule has 0 N–H and O–H groups in total. The molecule has 0 amide bonds. The highest BCUT2D eigenvalue weighted by molar-refractivity contribution is 9.11. The van der Waals surface area contributed by atoms with Crippen molar-refractivity contribution in [3.63, 3.8) is 0 Å². The summed E-state index contributed by atoms with van der Waals surface area (Å²) in [5.74, 6) is 0. The number of hydrogen-bond donors (Lipinski definition) is 0. The molecule has 2 aromatic carbocycles. The summed E-state index contributed by atoms with van der Waals surface area (Å²) in [5, 5.41) is 0. The Labute approximate surface area is 150 Å². The third-order valence-corrected chi connectivity index (χ3v) is 6.18. The fraction of sp³-hybridized carbons (Fsp3) is 0.368. The highest BCUT2D eigenvalue weighted by Gasteiger charge is 2.50. The van der Waals surface area contributed by atoms with E-state index in [9.17, 15) is 0 Å². The van der Waals surface area contributed by atoms with Gasteiger partial charge < -0.3 is 0 Å². The van der Waals surface area contributed by atoms with E-state index >= 15 is 0 Å². The average Bonchev–Trinajstić information content (AvgIpc) is 2.62. The molecule has 1 aliphatic heterocycles. The van der Waals surface area contributed by atoms with E-state index in [4.69, 9.17) is 0 Å². The summed E-state index contributed by atoms with van der Waals surface area (Å²) in [7, 11) is 0. The predicted molar refractivity (Wildman–Crippen MR) is 99.9 cm³/mol. The molecule has 0 radical (unpaired) electrons. The number of benzene rings is 2. The zero-order valence-electron chi connectivity index (χ0n) is 13.5. The normalized spacial score (nSPS) is 19.2. The van der Waals surface area contributed by atoms with Crippen molar-refractivity contribution in [3.8, 4) is 0 Å². The van der Waals surface area contributed by atoms with Crippen LogP contribution in [0.5, 0.6) is 0 Å². The van der Waals surface area contributed by atoms with E-state index in [0.29, 0.717) is 0 Å². The van der Waals surface area contributed by atoms with Gasteiger partial charge in [0.2, 0.25) is 0 Å². The molecule has 0 unspecified atom stereocenters. The van der Waals surface area contributed by atoms with Gasteiger partial charge in [-0.2, -0.15) is 0 Å². The van der Waals surface area contributed by atoms with Crippen molar-refractivity contribution in [2.24, 2.45) is 0 Å². The van der Waals surface area contributed by atoms with Crippen LogP contribution in [0, 0.1) is 0 Å². The van der Waals surface area contributed by atoms with Crippen LogP contribution in [0.3, 0.4) is 0 Å². The van der Waals surface area contributed by atoms with Crippen molar-refractivity contribution in [3.05, 3.63) is 68.1 Å². The Balaban J connectivity index is 2.14. The van der Waals surface area contributed by atoms with Crippen LogP contribution in [0.15, 0.2) is 51.4 Å². The number of rotatable bonds is 2. The quantitative estimate of drug-likeness (QED) is 0.556. The third-order valence-electron chi connectivity index (χ3n) is 4.86. The molecule has 0 fully saturated rings. The summed E-state index contributed by atoms with van der Waals surface area (Å²) in [6.45, 7) is 10.2. The van der Waals surface area contributed by atoms with Gasteiger partial charge in [-0.1, -0.05) is 62.2 Å². The Morgan fingerprint density at radius 1 is 0.773 bits per heavy atom.